The molecule has 1 rings (SSSR count). The first-order valence-electron chi connectivity index (χ1n) is 5.39. The first kappa shape index (κ1) is 13.0. The number of carbonyl (C=O) groups excluding carboxylic acids is 1. The summed E-state index contributed by atoms with van der Waals surface area (Å²) in [5, 5.41) is -0.0294. The molecule has 0 fully saturated rings. The van der Waals surface area contributed by atoms with Gasteiger partial charge < -0.3 is 4.90 Å². The SMILES string of the molecule is Cc1cccc(C)c1C(=O)N(C)CC(C)Cl. The standard InChI is InChI=1S/C13H18ClNO/c1-9-6-5-7-10(2)12(9)13(16)15(4)8-11(3)14/h5-7,11H,8H2,1-4H3. The molecule has 2 nitrogen and oxygen atoms in total. The fraction of sp³-hybridized carbons (Fsp3) is 0.462. The molecule has 0 saturated carbocycles. The first-order chi connectivity index (χ1) is 7.43. The van der Waals surface area contributed by atoms with Gasteiger partial charge in [0.05, 0.1) is 0 Å². The predicted octanol–water partition coefficient (Wildman–Crippen LogP) is 3.00. The smallest absolute Gasteiger partial charge is 0.254 e. The van der Waals surface area contributed by atoms with E-state index in [0.29, 0.717) is 6.54 Å². The van der Waals surface area contributed by atoms with E-state index in [9.17, 15) is 4.79 Å². The lowest BCUT2D eigenvalue weighted by Crippen LogP contribution is -2.32. The molecule has 0 saturated heterocycles. The molecule has 0 spiro atoms. The summed E-state index contributed by atoms with van der Waals surface area (Å²) in [4.78, 5) is 13.9. The number of rotatable bonds is 3. The van der Waals surface area contributed by atoms with Gasteiger partial charge in [0.2, 0.25) is 0 Å². The van der Waals surface area contributed by atoms with Crippen molar-refractivity contribution < 1.29 is 4.79 Å². The normalized spacial score (nSPS) is 12.3. The van der Waals surface area contributed by atoms with E-state index in [2.05, 4.69) is 0 Å². The van der Waals surface area contributed by atoms with Crippen molar-refractivity contribution in [2.24, 2.45) is 0 Å². The minimum atomic E-state index is -0.0294. The summed E-state index contributed by atoms with van der Waals surface area (Å²) in [5.41, 5.74) is 2.82. The Labute approximate surface area is 102 Å². The van der Waals surface area contributed by atoms with Crippen molar-refractivity contribution in [3.63, 3.8) is 0 Å². The number of benzene rings is 1. The molecule has 0 aromatic heterocycles. The number of alkyl halides is 1. The number of halogens is 1. The molecule has 1 atom stereocenters. The zero-order valence-electron chi connectivity index (χ0n) is 10.2. The molecular formula is C13H18ClNO. The molecule has 0 aliphatic rings. The second-order valence-corrected chi connectivity index (χ2v) is 4.98. The molecule has 0 N–H and O–H groups in total. The van der Waals surface area contributed by atoms with Gasteiger partial charge >= 0.3 is 0 Å². The molecule has 88 valence electrons. The quantitative estimate of drug-likeness (QED) is 0.743. The number of aryl methyl sites for hydroxylation is 2. The Morgan fingerprint density at radius 2 is 1.88 bits per heavy atom. The summed E-state index contributed by atoms with van der Waals surface area (Å²) in [6.45, 7) is 6.36. The highest BCUT2D eigenvalue weighted by atomic mass is 35.5. The molecule has 0 aliphatic heterocycles. The Balaban J connectivity index is 2.96. The Bertz CT molecular complexity index is 367. The van der Waals surface area contributed by atoms with Gasteiger partial charge in [-0.1, -0.05) is 18.2 Å². The molecule has 1 unspecified atom stereocenters. The van der Waals surface area contributed by atoms with Gasteiger partial charge in [0, 0.05) is 24.5 Å². The van der Waals surface area contributed by atoms with Gasteiger partial charge in [-0.2, -0.15) is 0 Å². The van der Waals surface area contributed by atoms with Crippen LogP contribution in [0.4, 0.5) is 0 Å². The lowest BCUT2D eigenvalue weighted by molar-refractivity contribution is 0.0794. The van der Waals surface area contributed by atoms with Gasteiger partial charge in [0.25, 0.3) is 5.91 Å². The van der Waals surface area contributed by atoms with E-state index in [1.165, 1.54) is 0 Å². The highest BCUT2D eigenvalue weighted by Gasteiger charge is 2.17. The van der Waals surface area contributed by atoms with Crippen LogP contribution < -0.4 is 0 Å². The van der Waals surface area contributed by atoms with Gasteiger partial charge in [-0.25, -0.2) is 0 Å². The van der Waals surface area contributed by atoms with Crippen molar-refractivity contribution in [2.75, 3.05) is 13.6 Å². The summed E-state index contributed by atoms with van der Waals surface area (Å²) in [6.07, 6.45) is 0. The van der Waals surface area contributed by atoms with Gasteiger partial charge in [-0.15, -0.1) is 11.6 Å². The van der Waals surface area contributed by atoms with Crippen molar-refractivity contribution in [3.8, 4) is 0 Å². The van der Waals surface area contributed by atoms with Crippen LogP contribution in [0.1, 0.15) is 28.4 Å². The zero-order valence-corrected chi connectivity index (χ0v) is 11.0. The molecule has 3 heteroatoms. The molecule has 0 aliphatic carbocycles. The van der Waals surface area contributed by atoms with Crippen LogP contribution in [0, 0.1) is 13.8 Å². The van der Waals surface area contributed by atoms with E-state index in [4.69, 9.17) is 11.6 Å². The maximum absolute atomic E-state index is 12.2. The number of nitrogens with zero attached hydrogens (tertiary/aromatic N) is 1. The zero-order chi connectivity index (χ0) is 12.3. The van der Waals surface area contributed by atoms with Crippen LogP contribution in [0.5, 0.6) is 0 Å². The van der Waals surface area contributed by atoms with E-state index >= 15 is 0 Å². The monoisotopic (exact) mass is 239 g/mol. The number of carbonyl (C=O) groups is 1. The van der Waals surface area contributed by atoms with E-state index in [-0.39, 0.29) is 11.3 Å². The Kier molecular flexibility index (Phi) is 4.36. The number of hydrogen-bond acceptors (Lipinski definition) is 1. The van der Waals surface area contributed by atoms with Crippen LogP contribution >= 0.6 is 11.6 Å². The first-order valence-corrected chi connectivity index (χ1v) is 5.83. The van der Waals surface area contributed by atoms with Crippen molar-refractivity contribution in [1.29, 1.82) is 0 Å². The Morgan fingerprint density at radius 1 is 1.38 bits per heavy atom. The van der Waals surface area contributed by atoms with Crippen LogP contribution in [0.15, 0.2) is 18.2 Å². The third-order valence-electron chi connectivity index (χ3n) is 2.57. The van der Waals surface area contributed by atoms with E-state index < -0.39 is 0 Å². The van der Waals surface area contributed by atoms with Gasteiger partial charge in [0.1, 0.15) is 0 Å². The summed E-state index contributed by atoms with van der Waals surface area (Å²) < 4.78 is 0. The number of hydrogen-bond donors (Lipinski definition) is 0. The third kappa shape index (κ3) is 2.99. The van der Waals surface area contributed by atoms with Crippen LogP contribution in [0.2, 0.25) is 0 Å². The topological polar surface area (TPSA) is 20.3 Å². The lowest BCUT2D eigenvalue weighted by atomic mass is 10.0. The van der Waals surface area contributed by atoms with Crippen molar-refractivity contribution in [1.82, 2.24) is 4.90 Å². The molecule has 0 radical (unpaired) electrons. The van der Waals surface area contributed by atoms with E-state index in [0.717, 1.165) is 16.7 Å². The minimum absolute atomic E-state index is 0.0294. The summed E-state index contributed by atoms with van der Waals surface area (Å²) in [5.74, 6) is 0.0445. The molecule has 0 bridgehead atoms. The molecule has 16 heavy (non-hydrogen) atoms. The van der Waals surface area contributed by atoms with E-state index in [1.807, 2.05) is 39.0 Å². The van der Waals surface area contributed by atoms with E-state index in [1.54, 1.807) is 11.9 Å². The second kappa shape index (κ2) is 5.35. The average molecular weight is 240 g/mol. The predicted molar refractivity (Wildman–Crippen MR) is 68.2 cm³/mol. The molecule has 1 aromatic carbocycles. The summed E-state index contributed by atoms with van der Waals surface area (Å²) in [7, 11) is 1.78. The summed E-state index contributed by atoms with van der Waals surface area (Å²) >= 11 is 5.89. The molecule has 1 aromatic rings. The van der Waals surface area contributed by atoms with Crippen LogP contribution in [0.3, 0.4) is 0 Å². The largest absolute Gasteiger partial charge is 0.340 e. The molecule has 0 heterocycles. The fourth-order valence-electron chi connectivity index (χ4n) is 1.80. The average Bonchev–Trinajstić information content (AvgIpc) is 2.16. The maximum Gasteiger partial charge on any atom is 0.254 e. The highest BCUT2D eigenvalue weighted by molar-refractivity contribution is 6.20. The fourth-order valence-corrected chi connectivity index (χ4v) is 2.01. The summed E-state index contributed by atoms with van der Waals surface area (Å²) in [6, 6.07) is 5.88. The van der Waals surface area contributed by atoms with Gasteiger partial charge in [-0.05, 0) is 31.9 Å². The van der Waals surface area contributed by atoms with Crippen molar-refractivity contribution in [3.05, 3.63) is 34.9 Å². The van der Waals surface area contributed by atoms with Crippen LogP contribution in [0.25, 0.3) is 0 Å². The minimum Gasteiger partial charge on any atom is -0.340 e. The highest BCUT2D eigenvalue weighted by Crippen LogP contribution is 2.15. The third-order valence-corrected chi connectivity index (χ3v) is 2.71. The van der Waals surface area contributed by atoms with Crippen molar-refractivity contribution >= 4 is 17.5 Å². The van der Waals surface area contributed by atoms with Gasteiger partial charge in [-0.3, -0.25) is 4.79 Å². The molecule has 1 amide bonds. The van der Waals surface area contributed by atoms with Crippen molar-refractivity contribution in [2.45, 2.75) is 26.1 Å². The maximum atomic E-state index is 12.2. The van der Waals surface area contributed by atoms with Crippen LogP contribution in [-0.2, 0) is 0 Å². The number of amides is 1. The molecular weight excluding hydrogens is 222 g/mol. The Hall–Kier alpha value is -1.02. The second-order valence-electron chi connectivity index (χ2n) is 4.23. The Morgan fingerprint density at radius 3 is 2.31 bits per heavy atom. The van der Waals surface area contributed by atoms with Crippen LogP contribution in [-0.4, -0.2) is 29.8 Å². The lowest BCUT2D eigenvalue weighted by Gasteiger charge is -2.20. The van der Waals surface area contributed by atoms with Gasteiger partial charge in [0.15, 0.2) is 0 Å².